The molecule has 17 atom stereocenters. The van der Waals surface area contributed by atoms with Gasteiger partial charge in [-0.2, -0.15) is 0 Å². The fraction of sp³-hybridized carbons (Fsp3) is 0.854. The molecule has 1 aliphatic carbocycles. The summed E-state index contributed by atoms with van der Waals surface area (Å²) in [4.78, 5) is 174. The number of esters is 3. The van der Waals surface area contributed by atoms with Crippen LogP contribution in [0.3, 0.4) is 0 Å². The minimum atomic E-state index is -4.06. The first kappa shape index (κ1) is 112. The van der Waals surface area contributed by atoms with Gasteiger partial charge in [0.05, 0.1) is 83.3 Å². The van der Waals surface area contributed by atoms with Gasteiger partial charge in [-0.3, -0.25) is 71.4 Å². The van der Waals surface area contributed by atoms with Crippen molar-refractivity contribution in [3.05, 3.63) is 0 Å². The van der Waals surface area contributed by atoms with Crippen LogP contribution in [0.5, 0.6) is 0 Å². The second kappa shape index (κ2) is 64.4. The van der Waals surface area contributed by atoms with E-state index in [1.807, 2.05) is 27.7 Å². The van der Waals surface area contributed by atoms with Crippen LogP contribution in [0.15, 0.2) is 0 Å². The molecule has 2 aliphatic heterocycles. The number of rotatable bonds is 71. The van der Waals surface area contributed by atoms with Crippen molar-refractivity contribution in [2.24, 2.45) is 47.3 Å². The van der Waals surface area contributed by atoms with Crippen molar-refractivity contribution in [1.82, 2.24) is 31.9 Å². The molecule has 0 aromatic carbocycles. The van der Waals surface area contributed by atoms with Crippen molar-refractivity contribution >= 4 is 84.3 Å². The number of amides is 6. The molecule has 0 radical (unpaired) electrons. The second-order valence-corrected chi connectivity index (χ2v) is 35.7. The zero-order valence-corrected chi connectivity index (χ0v) is 77.7. The number of phosphoric ester groups is 1. The van der Waals surface area contributed by atoms with Crippen LogP contribution >= 0.6 is 7.82 Å². The topological polar surface area (TPSA) is 451 Å². The number of hydrogen-bond acceptors (Lipinski definition) is 27. The maximum absolute atomic E-state index is 14.0. The number of unbranched alkanes of at least 4 members (excludes halogenated alkanes) is 10. The van der Waals surface area contributed by atoms with Crippen LogP contribution in [-0.4, -0.2) is 243 Å². The highest BCUT2D eigenvalue weighted by Gasteiger charge is 2.45. The molecule has 0 aromatic rings. The third-order valence-corrected chi connectivity index (χ3v) is 24.8. The molecule has 1 saturated carbocycles. The molecule has 714 valence electrons. The van der Waals surface area contributed by atoms with E-state index in [9.17, 15) is 71.8 Å². The van der Waals surface area contributed by atoms with Crippen LogP contribution < -0.4 is 31.9 Å². The van der Waals surface area contributed by atoms with E-state index >= 15 is 0 Å². The molecule has 0 spiro atoms. The van der Waals surface area contributed by atoms with E-state index in [1.54, 1.807) is 0 Å². The molecule has 35 heteroatoms. The SMILES string of the molecule is COP(=O)(O)OCCCCCCNC(=O)CCCC(=O)NC(COCCC(=O)CCCCCC(=O)CCCCO[C@@H]1OC(COC(C)=O)[C@H](C)[C@H](C)C1NC(C)=O)(COCCC(=O)CCCCCC(=O)CCCCO[C@@H]1CC(COC(C)=O)[C@H](C)[C@H](C)C1C)COCCC(=O)NCCCNC(=O)CCCCO[C@@H]1OC(COC(C)=O)[C@H](C)[C@H](C)C1NC(C)=O. The summed E-state index contributed by atoms with van der Waals surface area (Å²) in [7, 11) is -2.98. The normalized spacial score (nSPS) is 23.5. The number of carbonyl (C=O) groups is 13. The highest BCUT2D eigenvalue weighted by atomic mass is 31.2. The Morgan fingerprint density at radius 3 is 1.18 bits per heavy atom. The van der Waals surface area contributed by atoms with E-state index < -0.39 is 68.1 Å². The summed E-state index contributed by atoms with van der Waals surface area (Å²) >= 11 is 0. The Labute approximate surface area is 736 Å². The molecule has 2 heterocycles. The van der Waals surface area contributed by atoms with E-state index in [1.165, 1.54) is 34.6 Å². The number of phosphoric acid groups is 1. The monoisotopic (exact) mass is 1790 g/mol. The van der Waals surface area contributed by atoms with Crippen LogP contribution in [0.4, 0.5) is 0 Å². The maximum atomic E-state index is 14.0. The third kappa shape index (κ3) is 49.9. The Hall–Kier alpha value is -6.30. The molecule has 7 N–H and O–H groups in total. The van der Waals surface area contributed by atoms with Crippen molar-refractivity contribution in [1.29, 1.82) is 0 Å². The Balaban J connectivity index is 1.60. The highest BCUT2D eigenvalue weighted by molar-refractivity contribution is 7.47. The van der Waals surface area contributed by atoms with Gasteiger partial charge in [0.25, 0.3) is 0 Å². The number of carbonyl (C=O) groups excluding carboxylic acids is 13. The summed E-state index contributed by atoms with van der Waals surface area (Å²) in [6.07, 6.45) is 11.1. The zero-order chi connectivity index (χ0) is 91.8. The van der Waals surface area contributed by atoms with Crippen molar-refractivity contribution in [3.8, 4) is 0 Å². The minimum absolute atomic E-state index is 0.0254. The van der Waals surface area contributed by atoms with Gasteiger partial charge in [-0.15, -0.1) is 0 Å². The lowest BCUT2D eigenvalue weighted by molar-refractivity contribution is -0.244. The lowest BCUT2D eigenvalue weighted by Gasteiger charge is -2.44. The predicted molar refractivity (Wildman–Crippen MR) is 460 cm³/mol. The lowest BCUT2D eigenvalue weighted by Crippen LogP contribution is -2.58. The molecule has 8 unspecified atom stereocenters. The molecule has 3 rings (SSSR count). The number of Topliss-reactive ketones (excluding diaryl/α,β-unsaturated/α-hetero) is 4. The van der Waals surface area contributed by atoms with Gasteiger partial charge < -0.3 is 88.9 Å². The van der Waals surface area contributed by atoms with Crippen LogP contribution in [0.1, 0.15) is 282 Å². The van der Waals surface area contributed by atoms with Crippen molar-refractivity contribution in [3.63, 3.8) is 0 Å². The molecule has 0 aromatic heterocycles. The Morgan fingerprint density at radius 2 is 0.734 bits per heavy atom. The molecule has 2 saturated heterocycles. The Kier molecular flexibility index (Phi) is 58.1. The van der Waals surface area contributed by atoms with Crippen LogP contribution in [-0.2, 0) is 128 Å². The molecular weight excluding hydrogens is 1630 g/mol. The van der Waals surface area contributed by atoms with E-state index in [4.69, 9.17) is 56.6 Å². The largest absolute Gasteiger partial charge is 0.471 e. The summed E-state index contributed by atoms with van der Waals surface area (Å²) in [6, 6.07) is -0.852. The summed E-state index contributed by atoms with van der Waals surface area (Å²) in [5.74, 6) is -1.53. The fourth-order valence-electron chi connectivity index (χ4n) is 15.4. The Morgan fingerprint density at radius 1 is 0.371 bits per heavy atom. The second-order valence-electron chi connectivity index (χ2n) is 34.1. The first-order valence-corrected chi connectivity index (χ1v) is 47.1. The van der Waals surface area contributed by atoms with Gasteiger partial charge in [-0.25, -0.2) is 4.57 Å². The predicted octanol–water partition coefficient (Wildman–Crippen LogP) is 10.0. The smallest absolute Gasteiger partial charge is 0.466 e. The van der Waals surface area contributed by atoms with Crippen molar-refractivity contribution < 1.29 is 133 Å². The van der Waals surface area contributed by atoms with Gasteiger partial charge in [0.1, 0.15) is 41.9 Å². The van der Waals surface area contributed by atoms with Crippen LogP contribution in [0, 0.1) is 47.3 Å². The molecule has 6 amide bonds. The molecule has 124 heavy (non-hydrogen) atoms. The van der Waals surface area contributed by atoms with Gasteiger partial charge in [0.15, 0.2) is 12.6 Å². The average Bonchev–Trinajstić information content (AvgIpc) is 0.807. The molecule has 0 bridgehead atoms. The average molecular weight is 1790 g/mol. The lowest BCUT2D eigenvalue weighted by atomic mass is 9.67. The van der Waals surface area contributed by atoms with Crippen molar-refractivity contribution in [2.75, 3.05) is 113 Å². The van der Waals surface area contributed by atoms with E-state index in [2.05, 4.69) is 57.2 Å². The van der Waals surface area contributed by atoms with E-state index in [-0.39, 0.29) is 238 Å². The molecule has 3 aliphatic rings. The van der Waals surface area contributed by atoms with Crippen LogP contribution in [0.25, 0.3) is 0 Å². The maximum Gasteiger partial charge on any atom is 0.471 e. The van der Waals surface area contributed by atoms with Gasteiger partial charge in [0, 0.05) is 158 Å². The summed E-state index contributed by atoms with van der Waals surface area (Å²) < 4.78 is 86.1. The van der Waals surface area contributed by atoms with Gasteiger partial charge in [0.2, 0.25) is 35.4 Å². The standard InChI is InChI=1S/C89H155N6O28P/c1-61-62(2)73(55-118-70(10)98)54-78(63(61)3)115-47-27-22-36-74(101)32-18-16-20-34-76(103)41-51-112-58-89(95-84(108)40-30-39-82(106)90-44-25-14-15-26-50-121-124(109,110)111-13,59-113-52-42-77(104)35-21-17-19-33-75(102)37-23-28-48-116-87-85(93-68(8)96)66(6)64(4)79(122-87)56-119-71(11)99)60-114-53-43-83(107)92-46-31-45-91-81(105)38-24-29-49-117-88-86(94-69(9)97)67(7)65(5)80(123-88)57-120-72(12)100/h61-67,73,78-80,85-88H,14-60H2,1-13H3,(H,90,106)(H,91,105)(H,92,107)(H,93,96)(H,94,97)(H,95,108)(H,109,110)/t61-,62+,63?,64+,65+,66-,67-,73?,78+,79?,80?,85?,86?,87+,88+,89?/m0/s1. The van der Waals surface area contributed by atoms with Gasteiger partial charge in [-0.05, 0) is 144 Å². The third-order valence-electron chi connectivity index (χ3n) is 23.8. The van der Waals surface area contributed by atoms with Crippen molar-refractivity contribution in [2.45, 2.75) is 331 Å². The van der Waals surface area contributed by atoms with Gasteiger partial charge in [-0.1, -0.05) is 74.1 Å². The van der Waals surface area contributed by atoms with Gasteiger partial charge >= 0.3 is 25.7 Å². The first-order chi connectivity index (χ1) is 59.1. The first-order valence-electron chi connectivity index (χ1n) is 45.6. The molecule has 3 fully saturated rings. The Bertz CT molecular complexity index is 3100. The number of nitrogens with one attached hydrogen (secondary N) is 6. The fourth-order valence-corrected chi connectivity index (χ4v) is 15.8. The zero-order valence-electron chi connectivity index (χ0n) is 76.8. The quantitative estimate of drug-likeness (QED) is 0.0129. The van der Waals surface area contributed by atoms with E-state index in [0.717, 1.165) is 26.4 Å². The van der Waals surface area contributed by atoms with E-state index in [0.29, 0.717) is 160 Å². The number of hydrogen-bond donors (Lipinski definition) is 7. The summed E-state index contributed by atoms with van der Waals surface area (Å²) in [6.45, 7) is 23.1. The summed E-state index contributed by atoms with van der Waals surface area (Å²) in [5, 5.41) is 17.5. The van der Waals surface area contributed by atoms with Crippen LogP contribution in [0.2, 0.25) is 0 Å². The molecular formula is C89H155N6O28P. The highest BCUT2D eigenvalue weighted by Crippen LogP contribution is 2.43. The number of ketones is 4. The molecule has 34 nitrogen and oxygen atoms in total. The minimum Gasteiger partial charge on any atom is -0.466 e. The summed E-state index contributed by atoms with van der Waals surface area (Å²) in [5.41, 5.74) is -1.43. The number of ether oxygens (including phenoxy) is 11.